The molecule has 1 N–H and O–H groups in total. The third-order valence-electron chi connectivity index (χ3n) is 3.06. The number of likely N-dealkylation sites (tertiary alicyclic amines) is 1. The Balaban J connectivity index is 2.38. The van der Waals surface area contributed by atoms with Gasteiger partial charge in [-0.05, 0) is 40.2 Å². The molecule has 0 radical (unpaired) electrons. The molecule has 1 aliphatic rings. The van der Waals surface area contributed by atoms with Gasteiger partial charge in [-0.1, -0.05) is 24.1 Å². The van der Waals surface area contributed by atoms with Crippen molar-refractivity contribution >= 4 is 17.7 Å². The predicted octanol–water partition coefficient (Wildman–Crippen LogP) is 3.12. The van der Waals surface area contributed by atoms with Gasteiger partial charge in [-0.2, -0.15) is 0 Å². The lowest BCUT2D eigenvalue weighted by Gasteiger charge is -2.35. The molecule has 1 saturated heterocycles. The highest BCUT2D eigenvalue weighted by Crippen LogP contribution is 2.16. The molecule has 110 valence electrons. The van der Waals surface area contributed by atoms with Crippen LogP contribution in [0.15, 0.2) is 11.6 Å². The fourth-order valence-electron chi connectivity index (χ4n) is 2.22. The van der Waals surface area contributed by atoms with E-state index in [4.69, 9.17) is 16.3 Å². The Bertz CT molecular complexity index is 313. The Morgan fingerprint density at radius 2 is 2.21 bits per heavy atom. The molecule has 1 aliphatic heterocycles. The van der Waals surface area contributed by atoms with Crippen molar-refractivity contribution in [2.24, 2.45) is 0 Å². The third-order valence-corrected chi connectivity index (χ3v) is 3.24. The summed E-state index contributed by atoms with van der Waals surface area (Å²) in [6.45, 7) is 8.12. The molecule has 1 fully saturated rings. The van der Waals surface area contributed by atoms with Gasteiger partial charge in [-0.25, -0.2) is 4.79 Å². The number of carbonyl (C=O) groups is 1. The van der Waals surface area contributed by atoms with Crippen LogP contribution in [0.4, 0.5) is 4.79 Å². The highest BCUT2D eigenvalue weighted by atomic mass is 35.5. The van der Waals surface area contributed by atoms with Crippen LogP contribution in [-0.4, -0.2) is 42.3 Å². The molecule has 1 amide bonds. The van der Waals surface area contributed by atoms with Crippen molar-refractivity contribution in [3.05, 3.63) is 11.6 Å². The van der Waals surface area contributed by atoms with E-state index in [1.54, 1.807) is 5.54 Å². The first-order valence-corrected chi connectivity index (χ1v) is 7.32. The zero-order valence-electron chi connectivity index (χ0n) is 12.1. The van der Waals surface area contributed by atoms with E-state index in [-0.39, 0.29) is 6.09 Å². The third kappa shape index (κ3) is 6.83. The van der Waals surface area contributed by atoms with Crippen LogP contribution >= 0.6 is 11.6 Å². The van der Waals surface area contributed by atoms with Crippen molar-refractivity contribution in [2.45, 2.75) is 51.7 Å². The Labute approximate surface area is 121 Å². The van der Waals surface area contributed by atoms with Gasteiger partial charge in [-0.3, -0.25) is 4.90 Å². The molecule has 0 spiro atoms. The summed E-state index contributed by atoms with van der Waals surface area (Å²) in [5.41, 5.74) is 1.10. The van der Waals surface area contributed by atoms with Crippen LogP contribution in [0.2, 0.25) is 0 Å². The molecule has 19 heavy (non-hydrogen) atoms. The van der Waals surface area contributed by atoms with Crippen molar-refractivity contribution in [2.75, 3.05) is 19.6 Å². The lowest BCUT2D eigenvalue weighted by atomic mass is 10.0. The number of carbonyl (C=O) groups excluding carboxylic acids is 1. The second kappa shape index (κ2) is 7.75. The van der Waals surface area contributed by atoms with Crippen LogP contribution in [0.25, 0.3) is 0 Å². The minimum atomic E-state index is -0.447. The SMILES string of the molecule is CC(C)(C)OC(=O)NCC1CCCCN1CC=CCl. The van der Waals surface area contributed by atoms with Crippen molar-refractivity contribution in [1.29, 1.82) is 0 Å². The summed E-state index contributed by atoms with van der Waals surface area (Å²) in [7, 11) is 0. The van der Waals surface area contributed by atoms with Crippen LogP contribution in [-0.2, 0) is 4.74 Å². The summed E-state index contributed by atoms with van der Waals surface area (Å²) in [6, 6.07) is 0.370. The van der Waals surface area contributed by atoms with E-state index in [0.29, 0.717) is 12.6 Å². The van der Waals surface area contributed by atoms with Crippen molar-refractivity contribution in [3.63, 3.8) is 0 Å². The maximum Gasteiger partial charge on any atom is 0.407 e. The fourth-order valence-corrected chi connectivity index (χ4v) is 2.30. The van der Waals surface area contributed by atoms with Gasteiger partial charge in [0.15, 0.2) is 0 Å². The molecule has 4 nitrogen and oxygen atoms in total. The van der Waals surface area contributed by atoms with Gasteiger partial charge in [0, 0.05) is 24.7 Å². The smallest absolute Gasteiger partial charge is 0.407 e. The van der Waals surface area contributed by atoms with Gasteiger partial charge in [0.2, 0.25) is 0 Å². The molecule has 0 aromatic carbocycles. The van der Waals surface area contributed by atoms with E-state index in [2.05, 4.69) is 10.2 Å². The number of halogens is 1. The molecule has 0 aromatic heterocycles. The molecular weight excluding hydrogens is 264 g/mol. The highest BCUT2D eigenvalue weighted by molar-refractivity contribution is 6.25. The van der Waals surface area contributed by atoms with E-state index in [1.165, 1.54) is 12.8 Å². The molecule has 1 unspecified atom stereocenters. The largest absolute Gasteiger partial charge is 0.444 e. The first kappa shape index (κ1) is 16.3. The molecule has 1 atom stereocenters. The first-order chi connectivity index (χ1) is 8.92. The monoisotopic (exact) mass is 288 g/mol. The van der Waals surface area contributed by atoms with E-state index < -0.39 is 5.60 Å². The van der Waals surface area contributed by atoms with Crippen LogP contribution in [0.1, 0.15) is 40.0 Å². The zero-order valence-corrected chi connectivity index (χ0v) is 12.9. The number of amides is 1. The van der Waals surface area contributed by atoms with E-state index in [0.717, 1.165) is 19.5 Å². The lowest BCUT2D eigenvalue weighted by Crippen LogP contribution is -2.47. The van der Waals surface area contributed by atoms with Gasteiger partial charge in [-0.15, -0.1) is 0 Å². The minimum absolute atomic E-state index is 0.342. The van der Waals surface area contributed by atoms with E-state index in [9.17, 15) is 4.79 Å². The molecule has 0 aliphatic carbocycles. The fraction of sp³-hybridized carbons (Fsp3) is 0.786. The summed E-state index contributed by atoms with van der Waals surface area (Å²) < 4.78 is 5.24. The summed E-state index contributed by atoms with van der Waals surface area (Å²) in [4.78, 5) is 14.0. The zero-order chi connectivity index (χ0) is 14.3. The molecule has 5 heteroatoms. The standard InChI is InChI=1S/C14H25ClN2O2/c1-14(2,3)19-13(18)16-11-12-7-4-5-9-17(12)10-6-8-15/h6,8,12H,4-5,7,9-11H2,1-3H3,(H,16,18). The van der Waals surface area contributed by atoms with Crippen molar-refractivity contribution in [1.82, 2.24) is 10.2 Å². The average Bonchev–Trinajstić information content (AvgIpc) is 2.32. The van der Waals surface area contributed by atoms with E-state index in [1.807, 2.05) is 26.8 Å². The van der Waals surface area contributed by atoms with Gasteiger partial charge in [0.1, 0.15) is 5.60 Å². The van der Waals surface area contributed by atoms with E-state index >= 15 is 0 Å². The summed E-state index contributed by atoms with van der Waals surface area (Å²) in [5, 5.41) is 2.86. The maximum absolute atomic E-state index is 11.6. The second-order valence-corrected chi connectivity index (χ2v) is 6.14. The molecular formula is C14H25ClN2O2. The number of hydrogen-bond acceptors (Lipinski definition) is 3. The van der Waals surface area contributed by atoms with Gasteiger partial charge >= 0.3 is 6.09 Å². The number of hydrogen-bond donors (Lipinski definition) is 1. The Morgan fingerprint density at radius 1 is 1.47 bits per heavy atom. The Hall–Kier alpha value is -0.740. The van der Waals surface area contributed by atoms with Gasteiger partial charge in [0.25, 0.3) is 0 Å². The molecule has 0 saturated carbocycles. The molecule has 0 aromatic rings. The first-order valence-electron chi connectivity index (χ1n) is 6.88. The summed E-state index contributed by atoms with van der Waals surface area (Å²) in [5.74, 6) is 0. The Kier molecular flexibility index (Phi) is 6.66. The number of ether oxygens (including phenoxy) is 1. The quantitative estimate of drug-likeness (QED) is 0.864. The summed E-state index contributed by atoms with van der Waals surface area (Å²) >= 11 is 5.57. The molecule has 0 bridgehead atoms. The number of nitrogens with zero attached hydrogens (tertiary/aromatic N) is 1. The molecule has 1 heterocycles. The number of nitrogens with one attached hydrogen (secondary N) is 1. The van der Waals surface area contributed by atoms with Crippen LogP contribution < -0.4 is 5.32 Å². The van der Waals surface area contributed by atoms with Crippen LogP contribution in [0.5, 0.6) is 0 Å². The number of piperidine rings is 1. The van der Waals surface area contributed by atoms with Crippen molar-refractivity contribution in [3.8, 4) is 0 Å². The van der Waals surface area contributed by atoms with Crippen LogP contribution in [0.3, 0.4) is 0 Å². The normalized spacial score (nSPS) is 21.6. The second-order valence-electron chi connectivity index (χ2n) is 5.89. The Morgan fingerprint density at radius 3 is 2.84 bits per heavy atom. The maximum atomic E-state index is 11.6. The number of rotatable bonds is 4. The topological polar surface area (TPSA) is 41.6 Å². The molecule has 1 rings (SSSR count). The van der Waals surface area contributed by atoms with Crippen molar-refractivity contribution < 1.29 is 9.53 Å². The summed E-state index contributed by atoms with van der Waals surface area (Å²) in [6.07, 6.45) is 5.12. The highest BCUT2D eigenvalue weighted by Gasteiger charge is 2.23. The lowest BCUT2D eigenvalue weighted by molar-refractivity contribution is 0.0499. The average molecular weight is 289 g/mol. The van der Waals surface area contributed by atoms with Gasteiger partial charge < -0.3 is 10.1 Å². The number of alkyl carbamates (subject to hydrolysis) is 1. The minimum Gasteiger partial charge on any atom is -0.444 e. The van der Waals surface area contributed by atoms with Crippen LogP contribution in [0, 0.1) is 0 Å². The van der Waals surface area contributed by atoms with Gasteiger partial charge in [0.05, 0.1) is 0 Å². The predicted molar refractivity (Wildman–Crippen MR) is 78.4 cm³/mol.